The van der Waals surface area contributed by atoms with Gasteiger partial charge in [0.05, 0.1) is 24.0 Å². The highest BCUT2D eigenvalue weighted by Gasteiger charge is 2.28. The smallest absolute Gasteiger partial charge is 0.337 e. The Kier molecular flexibility index (Phi) is 11.5. The third-order valence-electron chi connectivity index (χ3n) is 2.37. The second kappa shape index (κ2) is 10.4. The van der Waals surface area contributed by atoms with Gasteiger partial charge < -0.3 is 20.6 Å². The number of hydrogen-bond acceptors (Lipinski definition) is 4. The van der Waals surface area contributed by atoms with Crippen LogP contribution >= 0.6 is 92.6 Å². The summed E-state index contributed by atoms with van der Waals surface area (Å²) in [6.45, 7) is 1.25. The number of aromatic carboxylic acids is 2. The molecule has 0 unspecified atom stereocenters. The standard InChI is InChI=1S/C11H8I3NO6.2ClH/c1-2(16)9(17)15-8-6(13)3(10(18)19)5(12)4(7(8)14)11(20)21;;/h2,16H,1H3,(H,15,17)(H,18,19)(H,20,21);2*1H/t2-;;/m0../s1. The zero-order valence-corrected chi connectivity index (χ0v) is 19.2. The minimum absolute atomic E-state index is 0. The SMILES string of the molecule is C[C@H](O)C(=O)Nc1c(I)c(C(=O)O)c(I)c(C(=O)O)c1I.Cl.Cl. The van der Waals surface area contributed by atoms with Crippen LogP contribution in [0.1, 0.15) is 27.6 Å². The number of benzene rings is 1. The Morgan fingerprint density at radius 1 is 0.913 bits per heavy atom. The van der Waals surface area contributed by atoms with E-state index in [2.05, 4.69) is 5.32 Å². The molecule has 1 atom stereocenters. The quantitative estimate of drug-likeness (QED) is 0.358. The summed E-state index contributed by atoms with van der Waals surface area (Å²) >= 11 is 5.10. The molecule has 1 aromatic rings. The van der Waals surface area contributed by atoms with Crippen molar-refractivity contribution in [2.45, 2.75) is 13.0 Å². The zero-order valence-electron chi connectivity index (χ0n) is 11.1. The first-order valence-electron chi connectivity index (χ1n) is 5.25. The van der Waals surface area contributed by atoms with Crippen LogP contribution in [0.3, 0.4) is 0 Å². The van der Waals surface area contributed by atoms with Gasteiger partial charge in [0, 0.05) is 3.57 Å². The summed E-state index contributed by atoms with van der Waals surface area (Å²) < 4.78 is 0.484. The van der Waals surface area contributed by atoms with Crippen LogP contribution in [0.5, 0.6) is 0 Å². The van der Waals surface area contributed by atoms with Crippen LogP contribution in [0.2, 0.25) is 0 Å². The monoisotopic (exact) mass is 703 g/mol. The molecule has 0 aliphatic heterocycles. The number of nitrogens with one attached hydrogen (secondary N) is 1. The lowest BCUT2D eigenvalue weighted by molar-refractivity contribution is -0.123. The van der Waals surface area contributed by atoms with Crippen molar-refractivity contribution in [3.63, 3.8) is 0 Å². The van der Waals surface area contributed by atoms with Crippen LogP contribution in [0.15, 0.2) is 0 Å². The number of amides is 1. The fourth-order valence-electron chi connectivity index (χ4n) is 1.38. The molecule has 23 heavy (non-hydrogen) atoms. The molecule has 12 heteroatoms. The molecule has 1 amide bonds. The number of aliphatic hydroxyl groups excluding tert-OH is 1. The Hall–Kier alpha value is 0.360. The maximum atomic E-state index is 11.6. The Balaban J connectivity index is 0. The lowest BCUT2D eigenvalue weighted by Crippen LogP contribution is -2.27. The summed E-state index contributed by atoms with van der Waals surface area (Å²) in [6.07, 6.45) is -1.31. The summed E-state index contributed by atoms with van der Waals surface area (Å²) in [4.78, 5) is 34.3. The number of anilines is 1. The Morgan fingerprint density at radius 2 is 1.26 bits per heavy atom. The van der Waals surface area contributed by atoms with Crippen LogP contribution in [0.4, 0.5) is 5.69 Å². The van der Waals surface area contributed by atoms with Crippen LogP contribution in [0, 0.1) is 10.7 Å². The highest BCUT2D eigenvalue weighted by atomic mass is 127. The van der Waals surface area contributed by atoms with E-state index in [4.69, 9.17) is 0 Å². The van der Waals surface area contributed by atoms with Crippen molar-refractivity contribution in [2.75, 3.05) is 5.32 Å². The Bertz CT molecular complexity index is 612. The van der Waals surface area contributed by atoms with Gasteiger partial charge in [0.1, 0.15) is 6.10 Å². The number of hydrogen-bond donors (Lipinski definition) is 4. The average molecular weight is 704 g/mol. The van der Waals surface area contributed by atoms with E-state index in [0.29, 0.717) is 0 Å². The minimum atomic E-state index is -1.31. The predicted molar refractivity (Wildman–Crippen MR) is 113 cm³/mol. The van der Waals surface area contributed by atoms with Crippen molar-refractivity contribution in [1.29, 1.82) is 0 Å². The first-order valence-corrected chi connectivity index (χ1v) is 8.49. The summed E-state index contributed by atoms with van der Waals surface area (Å²) in [5, 5.41) is 30.1. The predicted octanol–water partition coefficient (Wildman–Crippen LogP) is 3.06. The summed E-state index contributed by atoms with van der Waals surface area (Å²) in [5.74, 6) is -3.34. The molecule has 0 aliphatic rings. The van der Waals surface area contributed by atoms with Gasteiger partial charge in [-0.3, -0.25) is 4.79 Å². The van der Waals surface area contributed by atoms with Crippen LogP contribution in [0.25, 0.3) is 0 Å². The highest BCUT2D eigenvalue weighted by molar-refractivity contribution is 14.1. The minimum Gasteiger partial charge on any atom is -0.478 e. The van der Waals surface area contributed by atoms with Crippen molar-refractivity contribution in [2.24, 2.45) is 0 Å². The number of carboxylic acids is 2. The van der Waals surface area contributed by atoms with Crippen LogP contribution in [-0.2, 0) is 4.79 Å². The highest BCUT2D eigenvalue weighted by Crippen LogP contribution is 2.35. The largest absolute Gasteiger partial charge is 0.478 e. The van der Waals surface area contributed by atoms with Crippen molar-refractivity contribution >= 4 is 116 Å². The molecular formula is C11H10Cl2I3NO6. The first-order chi connectivity index (χ1) is 9.59. The summed E-state index contributed by atoms with van der Waals surface area (Å²) in [6, 6.07) is 0. The molecular weight excluding hydrogens is 694 g/mol. The normalized spacial score (nSPS) is 10.8. The molecule has 0 heterocycles. The topological polar surface area (TPSA) is 124 Å². The van der Waals surface area contributed by atoms with Crippen molar-refractivity contribution in [3.05, 3.63) is 21.8 Å². The van der Waals surface area contributed by atoms with E-state index in [-0.39, 0.29) is 52.3 Å². The number of halogens is 5. The van der Waals surface area contributed by atoms with Gasteiger partial charge in [0.25, 0.3) is 5.91 Å². The van der Waals surface area contributed by atoms with Gasteiger partial charge in [-0.2, -0.15) is 0 Å². The summed E-state index contributed by atoms with van der Waals surface area (Å²) in [7, 11) is 0. The van der Waals surface area contributed by atoms with E-state index in [0.717, 1.165) is 0 Å². The van der Waals surface area contributed by atoms with Gasteiger partial charge in [-0.05, 0) is 74.7 Å². The molecule has 0 spiro atoms. The van der Waals surface area contributed by atoms with Gasteiger partial charge in [0.2, 0.25) is 0 Å². The van der Waals surface area contributed by atoms with E-state index in [1.807, 2.05) is 0 Å². The Morgan fingerprint density at radius 3 is 1.52 bits per heavy atom. The number of carbonyl (C=O) groups excluding carboxylic acids is 1. The molecule has 0 bridgehead atoms. The second-order valence-electron chi connectivity index (χ2n) is 3.84. The molecule has 7 nitrogen and oxygen atoms in total. The molecule has 0 radical (unpaired) electrons. The van der Waals surface area contributed by atoms with Gasteiger partial charge in [-0.1, -0.05) is 0 Å². The zero-order chi connectivity index (χ0) is 16.5. The van der Waals surface area contributed by atoms with Gasteiger partial charge in [-0.25, -0.2) is 9.59 Å². The lowest BCUT2D eigenvalue weighted by atomic mass is 10.1. The lowest BCUT2D eigenvalue weighted by Gasteiger charge is -2.17. The maximum Gasteiger partial charge on any atom is 0.337 e. The molecule has 0 saturated carbocycles. The Labute approximate surface area is 184 Å². The van der Waals surface area contributed by atoms with E-state index in [1.54, 1.807) is 67.8 Å². The molecule has 0 fully saturated rings. The third kappa shape index (κ3) is 5.69. The van der Waals surface area contributed by atoms with Crippen molar-refractivity contribution < 1.29 is 29.7 Å². The van der Waals surface area contributed by atoms with Gasteiger partial charge in [-0.15, -0.1) is 24.8 Å². The maximum absolute atomic E-state index is 11.6. The molecule has 1 aromatic carbocycles. The number of carboxylic acid groups (broad SMARTS) is 2. The summed E-state index contributed by atoms with van der Waals surface area (Å²) in [5.41, 5.74) is -0.331. The molecule has 0 aliphatic carbocycles. The number of rotatable bonds is 4. The number of aliphatic hydroxyl groups is 1. The van der Waals surface area contributed by atoms with Gasteiger partial charge in [0.15, 0.2) is 0 Å². The fourth-order valence-corrected chi connectivity index (χ4v) is 5.74. The van der Waals surface area contributed by atoms with E-state index in [1.165, 1.54) is 6.92 Å². The van der Waals surface area contributed by atoms with Crippen molar-refractivity contribution in [1.82, 2.24) is 0 Å². The van der Waals surface area contributed by atoms with Crippen LogP contribution in [-0.4, -0.2) is 39.3 Å². The van der Waals surface area contributed by atoms with E-state index in [9.17, 15) is 29.7 Å². The van der Waals surface area contributed by atoms with Crippen LogP contribution < -0.4 is 5.32 Å². The molecule has 1 rings (SSSR count). The molecule has 130 valence electrons. The molecule has 0 saturated heterocycles. The fraction of sp³-hybridized carbons (Fsp3) is 0.182. The third-order valence-corrected chi connectivity index (χ3v) is 5.61. The molecule has 0 aromatic heterocycles. The van der Waals surface area contributed by atoms with E-state index < -0.39 is 23.9 Å². The number of carbonyl (C=O) groups is 3. The van der Waals surface area contributed by atoms with E-state index >= 15 is 0 Å². The second-order valence-corrected chi connectivity index (χ2v) is 7.08. The van der Waals surface area contributed by atoms with Gasteiger partial charge >= 0.3 is 11.9 Å². The molecule has 4 N–H and O–H groups in total. The average Bonchev–Trinajstić information content (AvgIpc) is 2.32. The van der Waals surface area contributed by atoms with Crippen molar-refractivity contribution in [3.8, 4) is 0 Å². The first kappa shape index (κ1) is 25.6.